The summed E-state index contributed by atoms with van der Waals surface area (Å²) in [5, 5.41) is 19.8. The Morgan fingerprint density at radius 1 is 0.861 bits per heavy atom. The average Bonchev–Trinajstić information content (AvgIpc) is 3.26. The van der Waals surface area contributed by atoms with Gasteiger partial charge < -0.3 is 4.57 Å². The highest BCUT2D eigenvalue weighted by Crippen LogP contribution is 2.33. The highest BCUT2D eigenvalue weighted by atomic mass is 32.2. The molecule has 0 aliphatic heterocycles. The molecule has 2 aromatic carbocycles. The molecule has 0 fully saturated rings. The van der Waals surface area contributed by atoms with Crippen LogP contribution in [0.4, 0.5) is 0 Å². The fourth-order valence-electron chi connectivity index (χ4n) is 4.58. The number of rotatable bonds is 15. The predicted molar refractivity (Wildman–Crippen MR) is 154 cm³/mol. The first kappa shape index (κ1) is 27.6. The first-order chi connectivity index (χ1) is 17.7. The van der Waals surface area contributed by atoms with Crippen LogP contribution in [0.5, 0.6) is 0 Å². The molecule has 1 aromatic heterocycles. The molecule has 36 heavy (non-hydrogen) atoms. The van der Waals surface area contributed by atoms with Gasteiger partial charge in [-0.15, -0.1) is 11.8 Å². The van der Waals surface area contributed by atoms with Gasteiger partial charge in [-0.1, -0.05) is 89.5 Å². The standard InChI is InChI=1S/C32H39N3S/c1-3-5-7-8-9-10-11-12-15-26-18-19-29-28(21-27(23-33)24-34)25-35(31(29)22-26)30-16-13-14-17-32(30)36-20-6-4-2/h13-14,16-19,21-22,25H,3-12,15,20H2,1-2H3. The summed E-state index contributed by atoms with van der Waals surface area (Å²) in [5.74, 6) is 1.09. The van der Waals surface area contributed by atoms with Gasteiger partial charge >= 0.3 is 0 Å². The molecule has 188 valence electrons. The van der Waals surface area contributed by atoms with Crippen molar-refractivity contribution in [1.29, 1.82) is 10.5 Å². The van der Waals surface area contributed by atoms with Crippen LogP contribution in [0.3, 0.4) is 0 Å². The lowest BCUT2D eigenvalue weighted by Crippen LogP contribution is -1.96. The Morgan fingerprint density at radius 3 is 2.28 bits per heavy atom. The van der Waals surface area contributed by atoms with Gasteiger partial charge in [0.05, 0.1) is 11.2 Å². The summed E-state index contributed by atoms with van der Waals surface area (Å²) in [7, 11) is 0. The van der Waals surface area contributed by atoms with E-state index in [0.717, 1.165) is 34.3 Å². The number of aryl methyl sites for hydroxylation is 1. The summed E-state index contributed by atoms with van der Waals surface area (Å²) >= 11 is 1.90. The number of nitriles is 2. The molecule has 3 rings (SSSR count). The number of aromatic nitrogens is 1. The van der Waals surface area contributed by atoms with Crippen molar-refractivity contribution >= 4 is 28.7 Å². The molecule has 0 amide bonds. The Balaban J connectivity index is 1.87. The molecule has 0 spiro atoms. The van der Waals surface area contributed by atoms with Gasteiger partial charge in [0.15, 0.2) is 0 Å². The van der Waals surface area contributed by atoms with Crippen LogP contribution < -0.4 is 0 Å². The molecular weight excluding hydrogens is 458 g/mol. The van der Waals surface area contributed by atoms with Gasteiger partial charge in [-0.25, -0.2) is 0 Å². The van der Waals surface area contributed by atoms with Crippen molar-refractivity contribution in [2.75, 3.05) is 5.75 Å². The maximum absolute atomic E-state index is 9.34. The summed E-state index contributed by atoms with van der Waals surface area (Å²) in [4.78, 5) is 1.26. The van der Waals surface area contributed by atoms with E-state index in [1.54, 1.807) is 6.08 Å². The third-order valence-corrected chi connectivity index (χ3v) is 7.79. The summed E-state index contributed by atoms with van der Waals surface area (Å²) in [6.45, 7) is 4.49. The maximum atomic E-state index is 9.34. The summed E-state index contributed by atoms with van der Waals surface area (Å²) in [6.07, 6.45) is 17.8. The lowest BCUT2D eigenvalue weighted by molar-refractivity contribution is 0.575. The minimum absolute atomic E-state index is 0.127. The van der Waals surface area contributed by atoms with Crippen LogP contribution in [-0.2, 0) is 6.42 Å². The van der Waals surface area contributed by atoms with Gasteiger partial charge in [-0.2, -0.15) is 10.5 Å². The molecule has 3 nitrogen and oxygen atoms in total. The molecular formula is C32H39N3S. The number of nitrogens with zero attached hydrogens (tertiary/aromatic N) is 3. The third-order valence-electron chi connectivity index (χ3n) is 6.64. The van der Waals surface area contributed by atoms with Gasteiger partial charge in [-0.05, 0) is 54.9 Å². The van der Waals surface area contributed by atoms with Crippen molar-refractivity contribution in [3.8, 4) is 17.8 Å². The van der Waals surface area contributed by atoms with E-state index in [1.807, 2.05) is 23.9 Å². The number of para-hydroxylation sites is 1. The van der Waals surface area contributed by atoms with Crippen LogP contribution in [0.15, 0.2) is 59.1 Å². The van der Waals surface area contributed by atoms with Crippen LogP contribution >= 0.6 is 11.8 Å². The van der Waals surface area contributed by atoms with Gasteiger partial charge in [-0.3, -0.25) is 0 Å². The molecule has 0 aliphatic rings. The number of fused-ring (bicyclic) bond motifs is 1. The highest BCUT2D eigenvalue weighted by Gasteiger charge is 2.13. The Morgan fingerprint density at radius 2 is 1.56 bits per heavy atom. The van der Waals surface area contributed by atoms with Crippen LogP contribution in [0, 0.1) is 22.7 Å². The van der Waals surface area contributed by atoms with Gasteiger partial charge in [0.1, 0.15) is 17.7 Å². The van der Waals surface area contributed by atoms with Crippen molar-refractivity contribution in [2.24, 2.45) is 0 Å². The number of benzene rings is 2. The van der Waals surface area contributed by atoms with Crippen molar-refractivity contribution in [3.63, 3.8) is 0 Å². The number of hydrogen-bond acceptors (Lipinski definition) is 3. The first-order valence-corrected chi connectivity index (χ1v) is 14.6. The lowest BCUT2D eigenvalue weighted by Gasteiger charge is -2.12. The van der Waals surface area contributed by atoms with Crippen molar-refractivity contribution in [1.82, 2.24) is 4.57 Å². The van der Waals surface area contributed by atoms with E-state index < -0.39 is 0 Å². The van der Waals surface area contributed by atoms with E-state index in [1.165, 1.54) is 74.7 Å². The summed E-state index contributed by atoms with van der Waals surface area (Å²) < 4.78 is 2.25. The van der Waals surface area contributed by atoms with Gasteiger partial charge in [0, 0.05) is 22.0 Å². The van der Waals surface area contributed by atoms with Crippen molar-refractivity contribution < 1.29 is 0 Å². The van der Waals surface area contributed by atoms with E-state index in [0.29, 0.717) is 0 Å². The molecule has 4 heteroatoms. The van der Waals surface area contributed by atoms with Crippen LogP contribution in [0.1, 0.15) is 89.2 Å². The minimum Gasteiger partial charge on any atom is -0.315 e. The topological polar surface area (TPSA) is 52.5 Å². The fraction of sp³-hybridized carbons (Fsp3) is 0.438. The van der Waals surface area contributed by atoms with E-state index in [9.17, 15) is 10.5 Å². The molecule has 0 N–H and O–H groups in total. The Kier molecular flexibility index (Phi) is 11.7. The van der Waals surface area contributed by atoms with Crippen LogP contribution in [-0.4, -0.2) is 10.3 Å². The number of allylic oxidation sites excluding steroid dienone is 1. The summed E-state index contributed by atoms with van der Waals surface area (Å²) in [6, 6.07) is 19.3. The largest absolute Gasteiger partial charge is 0.315 e. The average molecular weight is 498 g/mol. The van der Waals surface area contributed by atoms with E-state index in [-0.39, 0.29) is 5.57 Å². The molecule has 3 aromatic rings. The zero-order chi connectivity index (χ0) is 25.6. The second-order valence-electron chi connectivity index (χ2n) is 9.48. The molecule has 0 aliphatic carbocycles. The molecule has 0 unspecified atom stereocenters. The van der Waals surface area contributed by atoms with Crippen molar-refractivity contribution in [2.45, 2.75) is 89.4 Å². The Bertz CT molecular complexity index is 1210. The molecule has 0 saturated heterocycles. The van der Waals surface area contributed by atoms with Crippen LogP contribution in [0.2, 0.25) is 0 Å². The van der Waals surface area contributed by atoms with Gasteiger partial charge in [0.25, 0.3) is 0 Å². The lowest BCUT2D eigenvalue weighted by atomic mass is 10.0. The quantitative estimate of drug-likeness (QED) is 0.119. The number of thioether (sulfide) groups is 1. The normalized spacial score (nSPS) is 10.8. The van der Waals surface area contributed by atoms with Gasteiger partial charge in [0.2, 0.25) is 0 Å². The first-order valence-electron chi connectivity index (χ1n) is 13.6. The van der Waals surface area contributed by atoms with E-state index in [2.05, 4.69) is 67.1 Å². The second kappa shape index (κ2) is 15.2. The molecule has 1 heterocycles. The zero-order valence-electron chi connectivity index (χ0n) is 21.9. The Hall–Kier alpha value is -2.95. The Labute approximate surface area is 221 Å². The second-order valence-corrected chi connectivity index (χ2v) is 10.6. The number of unbranched alkanes of at least 4 members (excludes halogenated alkanes) is 8. The zero-order valence-corrected chi connectivity index (χ0v) is 22.7. The fourth-order valence-corrected chi connectivity index (χ4v) is 5.72. The van der Waals surface area contributed by atoms with Crippen molar-refractivity contribution in [3.05, 3.63) is 65.4 Å². The number of hydrogen-bond donors (Lipinski definition) is 0. The third kappa shape index (κ3) is 7.78. The molecule has 0 atom stereocenters. The van der Waals surface area contributed by atoms with E-state index in [4.69, 9.17) is 0 Å². The van der Waals surface area contributed by atoms with E-state index >= 15 is 0 Å². The minimum atomic E-state index is 0.127. The predicted octanol–water partition coefficient (Wildman–Crippen LogP) is 9.64. The molecule has 0 saturated carbocycles. The maximum Gasteiger partial charge on any atom is 0.130 e. The monoisotopic (exact) mass is 497 g/mol. The van der Waals surface area contributed by atoms with Crippen LogP contribution in [0.25, 0.3) is 22.7 Å². The molecule has 0 radical (unpaired) electrons. The highest BCUT2D eigenvalue weighted by molar-refractivity contribution is 7.99. The summed E-state index contributed by atoms with van der Waals surface area (Å²) in [5.41, 5.74) is 4.68. The molecule has 0 bridgehead atoms. The SMILES string of the molecule is CCCCCCCCCCc1ccc2c(C=C(C#N)C#N)cn(-c3ccccc3SCCCC)c2c1. The smallest absolute Gasteiger partial charge is 0.130 e.